The SMILES string of the molecule is CCOc1cccc(COc2ccc(-c3nn(CCF)cc3-c3ccncc3)cc2)n1.O=C(O)CCC(=O)O. The number of halogens is 1. The minimum absolute atomic E-state index is 0.215. The maximum Gasteiger partial charge on any atom is 0.303 e. The first-order chi connectivity index (χ1) is 18.9. The second kappa shape index (κ2) is 14.8. The molecular weight excluding hydrogens is 507 g/mol. The Balaban J connectivity index is 0.000000459. The van der Waals surface area contributed by atoms with Crippen molar-refractivity contribution in [1.82, 2.24) is 19.7 Å². The topological polar surface area (TPSA) is 137 Å². The third-order valence-corrected chi connectivity index (χ3v) is 5.21. The lowest BCUT2D eigenvalue weighted by Gasteiger charge is -2.08. The van der Waals surface area contributed by atoms with Crippen LogP contribution in [-0.2, 0) is 22.7 Å². The van der Waals surface area contributed by atoms with E-state index in [0.29, 0.717) is 19.1 Å². The van der Waals surface area contributed by atoms with Crippen LogP contribution in [0.4, 0.5) is 4.39 Å². The van der Waals surface area contributed by atoms with Crippen molar-refractivity contribution < 1.29 is 33.7 Å². The van der Waals surface area contributed by atoms with Crippen molar-refractivity contribution in [2.45, 2.75) is 32.9 Å². The number of aryl methyl sites for hydroxylation is 1. The molecule has 0 bridgehead atoms. The van der Waals surface area contributed by atoms with E-state index in [2.05, 4.69) is 15.1 Å². The molecule has 0 aliphatic rings. The summed E-state index contributed by atoms with van der Waals surface area (Å²) in [7, 11) is 0. The van der Waals surface area contributed by atoms with Crippen LogP contribution in [0.15, 0.2) is 73.2 Å². The highest BCUT2D eigenvalue weighted by atomic mass is 19.1. The number of carboxylic acids is 2. The summed E-state index contributed by atoms with van der Waals surface area (Å²) < 4.78 is 25.8. The average molecular weight is 537 g/mol. The molecule has 0 spiro atoms. The maximum absolute atomic E-state index is 12.9. The number of ether oxygens (including phenoxy) is 2. The molecule has 0 amide bonds. The van der Waals surface area contributed by atoms with Crippen LogP contribution in [0.1, 0.15) is 25.5 Å². The van der Waals surface area contributed by atoms with Crippen LogP contribution in [0.5, 0.6) is 11.6 Å². The molecule has 4 rings (SSSR count). The van der Waals surface area contributed by atoms with Crippen molar-refractivity contribution in [2.24, 2.45) is 0 Å². The van der Waals surface area contributed by atoms with Crippen molar-refractivity contribution in [2.75, 3.05) is 13.3 Å². The summed E-state index contributed by atoms with van der Waals surface area (Å²) >= 11 is 0. The van der Waals surface area contributed by atoms with Gasteiger partial charge in [0.05, 0.1) is 31.7 Å². The van der Waals surface area contributed by atoms with Crippen molar-refractivity contribution >= 4 is 11.9 Å². The van der Waals surface area contributed by atoms with Gasteiger partial charge in [-0.15, -0.1) is 0 Å². The highest BCUT2D eigenvalue weighted by Gasteiger charge is 2.13. The van der Waals surface area contributed by atoms with Gasteiger partial charge in [-0.05, 0) is 55.0 Å². The fourth-order valence-electron chi connectivity index (χ4n) is 3.42. The first kappa shape index (κ1) is 28.8. The van der Waals surface area contributed by atoms with Gasteiger partial charge in [0.2, 0.25) is 5.88 Å². The second-order valence-electron chi connectivity index (χ2n) is 8.08. The van der Waals surface area contributed by atoms with Gasteiger partial charge in [0, 0.05) is 35.8 Å². The molecule has 39 heavy (non-hydrogen) atoms. The molecule has 1 aromatic carbocycles. The Morgan fingerprint density at radius 1 is 0.923 bits per heavy atom. The van der Waals surface area contributed by atoms with E-state index in [1.807, 2.05) is 67.7 Å². The van der Waals surface area contributed by atoms with Gasteiger partial charge in [-0.2, -0.15) is 5.10 Å². The van der Waals surface area contributed by atoms with Crippen LogP contribution in [0.3, 0.4) is 0 Å². The van der Waals surface area contributed by atoms with E-state index in [0.717, 1.165) is 33.8 Å². The first-order valence-electron chi connectivity index (χ1n) is 12.2. The lowest BCUT2D eigenvalue weighted by Crippen LogP contribution is -2.01. The maximum atomic E-state index is 12.9. The molecule has 0 saturated carbocycles. The molecule has 0 aliphatic heterocycles. The zero-order valence-electron chi connectivity index (χ0n) is 21.4. The molecule has 2 N–H and O–H groups in total. The van der Waals surface area contributed by atoms with Crippen molar-refractivity contribution in [3.8, 4) is 34.0 Å². The van der Waals surface area contributed by atoms with E-state index in [4.69, 9.17) is 19.7 Å². The molecule has 3 aromatic heterocycles. The van der Waals surface area contributed by atoms with Crippen LogP contribution in [-0.4, -0.2) is 55.2 Å². The number of nitrogens with zero attached hydrogens (tertiary/aromatic N) is 4. The highest BCUT2D eigenvalue weighted by Crippen LogP contribution is 2.31. The molecule has 10 nitrogen and oxygen atoms in total. The van der Waals surface area contributed by atoms with Crippen LogP contribution in [0, 0.1) is 0 Å². The van der Waals surface area contributed by atoms with Gasteiger partial charge < -0.3 is 19.7 Å². The minimum Gasteiger partial charge on any atom is -0.487 e. The molecule has 204 valence electrons. The predicted molar refractivity (Wildman–Crippen MR) is 141 cm³/mol. The molecule has 0 aliphatic carbocycles. The van der Waals surface area contributed by atoms with Gasteiger partial charge in [-0.25, -0.2) is 9.37 Å². The van der Waals surface area contributed by atoms with E-state index in [-0.39, 0.29) is 19.4 Å². The summed E-state index contributed by atoms with van der Waals surface area (Å²) in [6.45, 7) is 2.58. The molecule has 4 aromatic rings. The molecule has 0 fully saturated rings. The summed E-state index contributed by atoms with van der Waals surface area (Å²) in [4.78, 5) is 27.8. The van der Waals surface area contributed by atoms with Crippen LogP contribution < -0.4 is 9.47 Å². The third-order valence-electron chi connectivity index (χ3n) is 5.21. The van der Waals surface area contributed by atoms with Gasteiger partial charge in [0.15, 0.2) is 0 Å². The highest BCUT2D eigenvalue weighted by molar-refractivity contribution is 5.80. The van der Waals surface area contributed by atoms with Gasteiger partial charge >= 0.3 is 11.9 Å². The summed E-state index contributed by atoms with van der Waals surface area (Å²) in [5, 5.41) is 20.4. The number of hydrogen-bond donors (Lipinski definition) is 2. The third kappa shape index (κ3) is 9.22. The van der Waals surface area contributed by atoms with E-state index in [1.54, 1.807) is 17.1 Å². The van der Waals surface area contributed by atoms with Crippen molar-refractivity contribution in [1.29, 1.82) is 0 Å². The number of alkyl halides is 1. The molecule has 11 heteroatoms. The van der Waals surface area contributed by atoms with E-state index < -0.39 is 18.6 Å². The molecule has 3 heterocycles. The number of carboxylic acid groups (broad SMARTS) is 2. The summed E-state index contributed by atoms with van der Waals surface area (Å²) in [6.07, 6.45) is 4.74. The smallest absolute Gasteiger partial charge is 0.303 e. The number of aliphatic carboxylic acids is 2. The second-order valence-corrected chi connectivity index (χ2v) is 8.08. The van der Waals surface area contributed by atoms with Crippen LogP contribution >= 0.6 is 0 Å². The molecule has 0 unspecified atom stereocenters. The molecule has 0 saturated heterocycles. The number of rotatable bonds is 12. The fourth-order valence-corrected chi connectivity index (χ4v) is 3.42. The lowest BCUT2D eigenvalue weighted by molar-refractivity contribution is -0.143. The van der Waals surface area contributed by atoms with E-state index >= 15 is 0 Å². The van der Waals surface area contributed by atoms with Gasteiger partial charge in [0.1, 0.15) is 24.7 Å². The van der Waals surface area contributed by atoms with E-state index in [9.17, 15) is 14.0 Å². The Morgan fingerprint density at radius 2 is 1.62 bits per heavy atom. The zero-order chi connectivity index (χ0) is 28.0. The molecule has 0 atom stereocenters. The monoisotopic (exact) mass is 536 g/mol. The number of hydrogen-bond acceptors (Lipinski definition) is 7. The number of aromatic nitrogens is 4. The van der Waals surface area contributed by atoms with Gasteiger partial charge in [-0.3, -0.25) is 19.3 Å². The Bertz CT molecular complexity index is 1330. The number of pyridine rings is 2. The van der Waals surface area contributed by atoms with Crippen LogP contribution in [0.25, 0.3) is 22.4 Å². The zero-order valence-corrected chi connectivity index (χ0v) is 21.4. The van der Waals surface area contributed by atoms with Gasteiger partial charge in [-0.1, -0.05) is 6.07 Å². The number of carbonyl (C=O) groups is 2. The standard InChI is InChI=1S/C24H23FN4O2.C4H6O4/c1-2-30-23-5-3-4-20(27-23)17-31-21-8-6-19(7-9-21)24-22(16-29(28-24)15-12-25)18-10-13-26-14-11-18;5-3(6)1-2-4(7)8/h3-11,13-14,16H,2,12,15,17H2,1H3;1-2H2,(H,5,6)(H,7,8). The van der Waals surface area contributed by atoms with Gasteiger partial charge in [0.25, 0.3) is 0 Å². The number of benzene rings is 1. The summed E-state index contributed by atoms with van der Waals surface area (Å²) in [5.41, 5.74) is 4.42. The quantitative estimate of drug-likeness (QED) is 0.259. The normalized spacial score (nSPS) is 10.3. The Kier molecular flexibility index (Phi) is 10.9. The van der Waals surface area contributed by atoms with Crippen molar-refractivity contribution in [3.63, 3.8) is 0 Å². The fraction of sp³-hybridized carbons (Fsp3) is 0.250. The largest absolute Gasteiger partial charge is 0.487 e. The average Bonchev–Trinajstić information content (AvgIpc) is 3.36. The lowest BCUT2D eigenvalue weighted by atomic mass is 10.0. The first-order valence-corrected chi connectivity index (χ1v) is 12.2. The molecule has 0 radical (unpaired) electrons. The Hall–Kier alpha value is -4.80. The Morgan fingerprint density at radius 3 is 2.23 bits per heavy atom. The predicted octanol–water partition coefficient (Wildman–Crippen LogP) is 4.89. The minimum atomic E-state index is -1.08. The van der Waals surface area contributed by atoms with Crippen molar-refractivity contribution in [3.05, 3.63) is 78.9 Å². The summed E-state index contributed by atoms with van der Waals surface area (Å²) in [6, 6.07) is 17.1. The summed E-state index contributed by atoms with van der Waals surface area (Å²) in [5.74, 6) is -0.840. The molecular formula is C28H29FN4O6. The Labute approximate surface area is 224 Å². The van der Waals surface area contributed by atoms with E-state index in [1.165, 1.54) is 0 Å². The van der Waals surface area contributed by atoms with Crippen LogP contribution in [0.2, 0.25) is 0 Å².